The van der Waals surface area contributed by atoms with E-state index in [1.807, 2.05) is 91.1 Å². The molecule has 7 aromatic carbocycles. The first kappa shape index (κ1) is 34.5. The molecule has 11 aromatic rings. The van der Waals surface area contributed by atoms with Crippen molar-refractivity contribution in [3.8, 4) is 79.1 Å². The van der Waals surface area contributed by atoms with Crippen molar-refractivity contribution in [2.24, 2.45) is 0 Å². The van der Waals surface area contributed by atoms with Gasteiger partial charge in [-0.2, -0.15) is 0 Å². The van der Waals surface area contributed by atoms with E-state index < -0.39 is 0 Å². The van der Waals surface area contributed by atoms with Crippen LogP contribution in [0.2, 0.25) is 0 Å². The van der Waals surface area contributed by atoms with Gasteiger partial charge < -0.3 is 0 Å². The summed E-state index contributed by atoms with van der Waals surface area (Å²) in [4.78, 5) is 31.2. The highest BCUT2D eigenvalue weighted by Gasteiger charge is 2.21. The van der Waals surface area contributed by atoms with Crippen LogP contribution in [0.25, 0.3) is 110 Å². The standard InChI is InChI=1S/C52H32N6S/c1-5-15-33(16-6-1)39-31-44-46-47(59-52(44)53-32-39)45(54-48(55-46)35-17-7-2-8-18-35)43-30-29-40(41-23-13-14-24-42(41)43)34-25-27-38(28-26-34)51-57-49(36-19-9-3-10-20-36)56-50(58-51)37-21-11-4-12-22-37/h1-32H. The van der Waals surface area contributed by atoms with Crippen LogP contribution in [0.1, 0.15) is 0 Å². The summed E-state index contributed by atoms with van der Waals surface area (Å²) in [5.41, 5.74) is 11.0. The van der Waals surface area contributed by atoms with Gasteiger partial charge in [-0.1, -0.05) is 182 Å². The minimum Gasteiger partial charge on any atom is -0.245 e. The van der Waals surface area contributed by atoms with Gasteiger partial charge in [-0.25, -0.2) is 29.9 Å². The lowest BCUT2D eigenvalue weighted by atomic mass is 9.93. The maximum absolute atomic E-state index is 5.33. The molecule has 0 unspecified atom stereocenters. The van der Waals surface area contributed by atoms with Gasteiger partial charge in [0.05, 0.1) is 15.9 Å². The average molecular weight is 773 g/mol. The monoisotopic (exact) mass is 772 g/mol. The third-order valence-electron chi connectivity index (χ3n) is 10.6. The molecule has 0 fully saturated rings. The van der Waals surface area contributed by atoms with Gasteiger partial charge in [0.25, 0.3) is 0 Å². The molecule has 4 heterocycles. The van der Waals surface area contributed by atoms with Gasteiger partial charge in [0, 0.05) is 45.0 Å². The number of rotatable bonds is 7. The van der Waals surface area contributed by atoms with Gasteiger partial charge in [0.1, 0.15) is 4.83 Å². The molecular formula is C52H32N6S. The second kappa shape index (κ2) is 14.6. The van der Waals surface area contributed by atoms with E-state index in [9.17, 15) is 0 Å². The third kappa shape index (κ3) is 6.40. The Labute approximate surface area is 344 Å². The Bertz CT molecular complexity index is 3240. The summed E-state index contributed by atoms with van der Waals surface area (Å²) >= 11 is 1.65. The fraction of sp³-hybridized carbons (Fsp3) is 0. The number of hydrogen-bond donors (Lipinski definition) is 0. The van der Waals surface area contributed by atoms with E-state index in [4.69, 9.17) is 29.9 Å². The fourth-order valence-corrected chi connectivity index (χ4v) is 8.78. The van der Waals surface area contributed by atoms with Gasteiger partial charge in [-0.15, -0.1) is 11.3 Å². The lowest BCUT2D eigenvalue weighted by Crippen LogP contribution is -2.00. The SMILES string of the molecule is c1ccc(-c2cnc3sc4c(-c5ccc(-c6ccc(-c7nc(-c8ccccc8)nc(-c8ccccc8)n7)cc6)c6ccccc56)nc(-c5ccccc5)nc4c3c2)cc1. The summed E-state index contributed by atoms with van der Waals surface area (Å²) in [5.74, 6) is 2.59. The Morgan fingerprint density at radius 1 is 0.322 bits per heavy atom. The molecular weight excluding hydrogens is 741 g/mol. The Morgan fingerprint density at radius 2 is 0.763 bits per heavy atom. The first-order valence-electron chi connectivity index (χ1n) is 19.4. The molecule has 59 heavy (non-hydrogen) atoms. The summed E-state index contributed by atoms with van der Waals surface area (Å²) < 4.78 is 1.02. The lowest BCUT2D eigenvalue weighted by molar-refractivity contribution is 1.07. The van der Waals surface area contributed by atoms with Crippen molar-refractivity contribution in [3.05, 3.63) is 194 Å². The molecule has 0 aliphatic heterocycles. The molecule has 0 N–H and O–H groups in total. The number of fused-ring (bicyclic) bond motifs is 4. The number of nitrogens with zero attached hydrogens (tertiary/aromatic N) is 6. The molecule has 0 amide bonds. The highest BCUT2D eigenvalue weighted by Crippen LogP contribution is 2.43. The molecule has 0 bridgehead atoms. The van der Waals surface area contributed by atoms with Gasteiger partial charge in [-0.3, -0.25) is 0 Å². The van der Waals surface area contributed by atoms with Crippen LogP contribution in [0.15, 0.2) is 194 Å². The van der Waals surface area contributed by atoms with Crippen molar-refractivity contribution >= 4 is 42.5 Å². The van der Waals surface area contributed by atoms with Gasteiger partial charge >= 0.3 is 0 Å². The van der Waals surface area contributed by atoms with Crippen LogP contribution in [0, 0.1) is 0 Å². The highest BCUT2D eigenvalue weighted by atomic mass is 32.1. The Balaban J connectivity index is 1.04. The van der Waals surface area contributed by atoms with Gasteiger partial charge in [0.2, 0.25) is 0 Å². The van der Waals surface area contributed by atoms with Crippen LogP contribution in [-0.2, 0) is 0 Å². The number of benzene rings is 7. The Hall–Kier alpha value is -7.74. The summed E-state index contributed by atoms with van der Waals surface area (Å²) in [5, 5.41) is 3.27. The van der Waals surface area contributed by atoms with Gasteiger partial charge in [0.15, 0.2) is 23.3 Å². The van der Waals surface area contributed by atoms with Crippen molar-refractivity contribution in [2.45, 2.75) is 0 Å². The molecule has 0 saturated carbocycles. The van der Waals surface area contributed by atoms with Crippen molar-refractivity contribution in [1.29, 1.82) is 0 Å². The van der Waals surface area contributed by atoms with E-state index in [2.05, 4.69) is 103 Å². The predicted octanol–water partition coefficient (Wildman–Crippen LogP) is 13.2. The normalized spacial score (nSPS) is 11.4. The van der Waals surface area contributed by atoms with Crippen molar-refractivity contribution in [1.82, 2.24) is 29.9 Å². The van der Waals surface area contributed by atoms with Crippen LogP contribution in [0.5, 0.6) is 0 Å². The molecule has 0 aliphatic rings. The minimum atomic E-state index is 0.625. The number of aromatic nitrogens is 6. The molecule has 0 aliphatic carbocycles. The molecule has 276 valence electrons. The van der Waals surface area contributed by atoms with Crippen LogP contribution in [-0.4, -0.2) is 29.9 Å². The zero-order chi connectivity index (χ0) is 39.1. The first-order valence-corrected chi connectivity index (χ1v) is 20.3. The fourth-order valence-electron chi connectivity index (χ4n) is 7.71. The maximum atomic E-state index is 5.33. The second-order valence-electron chi connectivity index (χ2n) is 14.3. The van der Waals surface area contributed by atoms with E-state index in [0.29, 0.717) is 23.3 Å². The minimum absolute atomic E-state index is 0.625. The molecule has 0 atom stereocenters. The van der Waals surface area contributed by atoms with E-state index in [-0.39, 0.29) is 0 Å². The van der Waals surface area contributed by atoms with Gasteiger partial charge in [-0.05, 0) is 33.5 Å². The van der Waals surface area contributed by atoms with Crippen LogP contribution in [0.3, 0.4) is 0 Å². The molecule has 4 aromatic heterocycles. The summed E-state index contributed by atoms with van der Waals surface area (Å²) in [6, 6.07) is 64.5. The molecule has 0 spiro atoms. The molecule has 6 nitrogen and oxygen atoms in total. The molecule has 11 rings (SSSR count). The van der Waals surface area contributed by atoms with Crippen LogP contribution >= 0.6 is 11.3 Å². The quantitative estimate of drug-likeness (QED) is 0.161. The number of hydrogen-bond acceptors (Lipinski definition) is 7. The van der Waals surface area contributed by atoms with E-state index in [0.717, 1.165) is 87.0 Å². The average Bonchev–Trinajstić information content (AvgIpc) is 3.70. The van der Waals surface area contributed by atoms with E-state index in [1.165, 1.54) is 0 Å². The topological polar surface area (TPSA) is 77.3 Å². The highest BCUT2D eigenvalue weighted by molar-refractivity contribution is 7.25. The molecule has 0 radical (unpaired) electrons. The molecule has 7 heteroatoms. The number of pyridine rings is 1. The Morgan fingerprint density at radius 3 is 1.32 bits per heavy atom. The smallest absolute Gasteiger partial charge is 0.164 e. The lowest BCUT2D eigenvalue weighted by Gasteiger charge is -2.14. The summed E-state index contributed by atoms with van der Waals surface area (Å²) in [7, 11) is 0. The van der Waals surface area contributed by atoms with Crippen LogP contribution in [0.4, 0.5) is 0 Å². The second-order valence-corrected chi connectivity index (χ2v) is 15.3. The third-order valence-corrected chi connectivity index (χ3v) is 11.8. The van der Waals surface area contributed by atoms with Crippen molar-refractivity contribution in [2.75, 3.05) is 0 Å². The Kier molecular flexibility index (Phi) is 8.56. The van der Waals surface area contributed by atoms with E-state index >= 15 is 0 Å². The maximum Gasteiger partial charge on any atom is 0.164 e. The summed E-state index contributed by atoms with van der Waals surface area (Å²) in [6.07, 6.45) is 1.96. The summed E-state index contributed by atoms with van der Waals surface area (Å²) in [6.45, 7) is 0. The number of thiophene rings is 1. The largest absolute Gasteiger partial charge is 0.245 e. The zero-order valence-corrected chi connectivity index (χ0v) is 32.4. The van der Waals surface area contributed by atoms with Crippen LogP contribution < -0.4 is 0 Å². The van der Waals surface area contributed by atoms with Crippen molar-refractivity contribution in [3.63, 3.8) is 0 Å². The van der Waals surface area contributed by atoms with Crippen molar-refractivity contribution < 1.29 is 0 Å². The first-order chi connectivity index (χ1) is 29.2. The van der Waals surface area contributed by atoms with E-state index in [1.54, 1.807) is 11.3 Å². The molecule has 0 saturated heterocycles. The predicted molar refractivity (Wildman–Crippen MR) is 242 cm³/mol. The zero-order valence-electron chi connectivity index (χ0n) is 31.6.